The van der Waals surface area contributed by atoms with Crippen molar-refractivity contribution in [2.75, 3.05) is 0 Å². The van der Waals surface area contributed by atoms with Crippen molar-refractivity contribution in [2.45, 2.75) is 6.42 Å². The Morgan fingerprint density at radius 2 is 1.71 bits per heavy atom. The summed E-state index contributed by atoms with van der Waals surface area (Å²) >= 11 is 0. The summed E-state index contributed by atoms with van der Waals surface area (Å²) in [5.41, 5.74) is 0.509. The zero-order chi connectivity index (χ0) is 10.8. The topological polar surface area (TPSA) is 94.8 Å². The van der Waals surface area contributed by atoms with Gasteiger partial charge in [-0.3, -0.25) is 9.36 Å². The molecule has 0 spiro atoms. The van der Waals surface area contributed by atoms with Crippen LogP contribution in [0.15, 0.2) is 24.3 Å². The number of benzene rings is 1. The molecule has 0 saturated carbocycles. The Balaban J connectivity index is 2.89. The Bertz CT molecular complexity index is 377. The predicted molar refractivity (Wildman–Crippen MR) is 49.5 cm³/mol. The Hall–Kier alpha value is -1.16. The fourth-order valence-corrected chi connectivity index (χ4v) is 1.52. The third kappa shape index (κ3) is 2.96. The van der Waals surface area contributed by atoms with Gasteiger partial charge in [-0.05, 0) is 17.7 Å². The van der Waals surface area contributed by atoms with Crippen LogP contribution in [0.4, 0.5) is 0 Å². The molecule has 0 aliphatic rings. The Morgan fingerprint density at radius 3 is 2.07 bits per heavy atom. The minimum Gasteiger partial charge on any atom is -0.481 e. The van der Waals surface area contributed by atoms with E-state index in [1.165, 1.54) is 24.3 Å². The van der Waals surface area contributed by atoms with Crippen LogP contribution in [0.1, 0.15) is 5.56 Å². The molecule has 0 unspecified atom stereocenters. The molecule has 0 fully saturated rings. The van der Waals surface area contributed by atoms with Crippen molar-refractivity contribution in [3.63, 3.8) is 0 Å². The molecule has 1 aromatic rings. The Kier molecular flexibility index (Phi) is 3.06. The molecule has 0 atom stereocenters. The number of carbonyl (C=O) groups is 1. The fraction of sp³-hybridized carbons (Fsp3) is 0.125. The van der Waals surface area contributed by atoms with E-state index in [0.717, 1.165) is 0 Å². The molecule has 0 amide bonds. The van der Waals surface area contributed by atoms with Crippen LogP contribution in [0.25, 0.3) is 0 Å². The van der Waals surface area contributed by atoms with E-state index in [1.807, 2.05) is 0 Å². The molecule has 0 aliphatic heterocycles. The first-order chi connectivity index (χ1) is 6.39. The highest BCUT2D eigenvalue weighted by Crippen LogP contribution is 2.32. The monoisotopic (exact) mass is 216 g/mol. The number of rotatable bonds is 3. The highest BCUT2D eigenvalue weighted by molar-refractivity contribution is 7.60. The second kappa shape index (κ2) is 3.92. The summed E-state index contributed by atoms with van der Waals surface area (Å²) in [6.07, 6.45) is -0.151. The highest BCUT2D eigenvalue weighted by Gasteiger charge is 2.16. The number of hydrogen-bond donors (Lipinski definition) is 3. The maximum absolute atomic E-state index is 10.7. The Labute approximate surface area is 80.2 Å². The molecular formula is C8H9O5P. The quantitative estimate of drug-likeness (QED) is 0.623. The van der Waals surface area contributed by atoms with Gasteiger partial charge >= 0.3 is 13.6 Å². The van der Waals surface area contributed by atoms with Crippen molar-refractivity contribution < 1.29 is 24.3 Å². The Morgan fingerprint density at radius 1 is 1.21 bits per heavy atom. The van der Waals surface area contributed by atoms with Gasteiger partial charge in [0.05, 0.1) is 11.7 Å². The van der Waals surface area contributed by atoms with Crippen molar-refractivity contribution in [3.05, 3.63) is 29.8 Å². The van der Waals surface area contributed by atoms with Crippen molar-refractivity contribution in [2.24, 2.45) is 0 Å². The second-order valence-corrected chi connectivity index (χ2v) is 4.39. The molecule has 0 saturated heterocycles. The standard InChI is InChI=1S/C8H9O5P/c9-8(10)5-6-1-3-7(4-2-6)14(11,12)13/h1-4H,5H2,(H,9,10)(H2,11,12,13). The number of carboxylic acid groups (broad SMARTS) is 1. The maximum atomic E-state index is 10.7. The third-order valence-electron chi connectivity index (χ3n) is 1.63. The van der Waals surface area contributed by atoms with Gasteiger partial charge in [0, 0.05) is 0 Å². The first kappa shape index (κ1) is 10.9. The van der Waals surface area contributed by atoms with Crippen LogP contribution in [0.5, 0.6) is 0 Å². The van der Waals surface area contributed by atoms with Gasteiger partial charge in [-0.15, -0.1) is 0 Å². The van der Waals surface area contributed by atoms with Crippen molar-refractivity contribution >= 4 is 18.9 Å². The van der Waals surface area contributed by atoms with E-state index in [-0.39, 0.29) is 11.7 Å². The lowest BCUT2D eigenvalue weighted by Crippen LogP contribution is -2.05. The van der Waals surface area contributed by atoms with Crippen LogP contribution in [0.2, 0.25) is 0 Å². The van der Waals surface area contributed by atoms with Crippen LogP contribution in [-0.4, -0.2) is 20.9 Å². The zero-order valence-corrected chi connectivity index (χ0v) is 8.02. The minimum absolute atomic E-state index is 0.105. The van der Waals surface area contributed by atoms with Gasteiger partial charge in [-0.25, -0.2) is 0 Å². The molecule has 76 valence electrons. The lowest BCUT2D eigenvalue weighted by atomic mass is 10.2. The van der Waals surface area contributed by atoms with Gasteiger partial charge in [-0.1, -0.05) is 12.1 Å². The minimum atomic E-state index is -4.22. The average Bonchev–Trinajstić information content (AvgIpc) is 2.02. The maximum Gasteiger partial charge on any atom is 0.356 e. The van der Waals surface area contributed by atoms with Crippen molar-refractivity contribution in [1.29, 1.82) is 0 Å². The molecule has 1 aromatic carbocycles. The first-order valence-corrected chi connectivity index (χ1v) is 5.37. The lowest BCUT2D eigenvalue weighted by Gasteiger charge is -2.03. The van der Waals surface area contributed by atoms with Gasteiger partial charge in [0.25, 0.3) is 0 Å². The molecule has 0 bridgehead atoms. The molecule has 14 heavy (non-hydrogen) atoms. The van der Waals surface area contributed by atoms with E-state index in [4.69, 9.17) is 14.9 Å². The largest absolute Gasteiger partial charge is 0.481 e. The SMILES string of the molecule is O=C(O)Cc1ccc(P(=O)(O)O)cc1. The van der Waals surface area contributed by atoms with E-state index >= 15 is 0 Å². The van der Waals surface area contributed by atoms with Crippen LogP contribution in [0.3, 0.4) is 0 Å². The molecule has 3 N–H and O–H groups in total. The smallest absolute Gasteiger partial charge is 0.356 e. The van der Waals surface area contributed by atoms with E-state index in [1.54, 1.807) is 0 Å². The van der Waals surface area contributed by atoms with E-state index in [2.05, 4.69) is 0 Å². The average molecular weight is 216 g/mol. The third-order valence-corrected chi connectivity index (χ3v) is 2.60. The van der Waals surface area contributed by atoms with Crippen LogP contribution >= 0.6 is 7.60 Å². The molecule has 0 aromatic heterocycles. The molecule has 0 heterocycles. The van der Waals surface area contributed by atoms with Crippen LogP contribution in [0, 0.1) is 0 Å². The first-order valence-electron chi connectivity index (χ1n) is 3.76. The van der Waals surface area contributed by atoms with Gasteiger partial charge in [0.1, 0.15) is 0 Å². The lowest BCUT2D eigenvalue weighted by molar-refractivity contribution is -0.136. The number of hydrogen-bond acceptors (Lipinski definition) is 2. The summed E-state index contributed by atoms with van der Waals surface area (Å²) in [7, 11) is -4.22. The summed E-state index contributed by atoms with van der Waals surface area (Å²) in [6, 6.07) is 5.25. The molecule has 6 heteroatoms. The van der Waals surface area contributed by atoms with Crippen LogP contribution in [-0.2, 0) is 15.8 Å². The van der Waals surface area contributed by atoms with Crippen LogP contribution < -0.4 is 5.30 Å². The highest BCUT2D eigenvalue weighted by atomic mass is 31.2. The molecule has 0 aliphatic carbocycles. The summed E-state index contributed by atoms with van der Waals surface area (Å²) in [4.78, 5) is 27.8. The summed E-state index contributed by atoms with van der Waals surface area (Å²) in [5.74, 6) is -0.978. The van der Waals surface area contributed by atoms with E-state index in [0.29, 0.717) is 5.56 Å². The van der Waals surface area contributed by atoms with Gasteiger partial charge < -0.3 is 14.9 Å². The predicted octanol–water partition coefficient (Wildman–Crippen LogP) is 0.117. The van der Waals surface area contributed by atoms with E-state index in [9.17, 15) is 9.36 Å². The van der Waals surface area contributed by atoms with Crippen molar-refractivity contribution in [1.82, 2.24) is 0 Å². The van der Waals surface area contributed by atoms with Gasteiger partial charge in [0.15, 0.2) is 0 Å². The summed E-state index contributed by atoms with van der Waals surface area (Å²) in [6.45, 7) is 0. The van der Waals surface area contributed by atoms with E-state index < -0.39 is 13.6 Å². The number of aliphatic carboxylic acids is 1. The molecular weight excluding hydrogens is 207 g/mol. The van der Waals surface area contributed by atoms with Gasteiger partial charge in [0.2, 0.25) is 0 Å². The fourth-order valence-electron chi connectivity index (χ4n) is 0.983. The molecule has 5 nitrogen and oxygen atoms in total. The summed E-state index contributed by atoms with van der Waals surface area (Å²) < 4.78 is 10.7. The second-order valence-electron chi connectivity index (χ2n) is 2.78. The normalized spacial score (nSPS) is 11.3. The molecule has 1 rings (SSSR count). The van der Waals surface area contributed by atoms with Crippen molar-refractivity contribution in [3.8, 4) is 0 Å². The van der Waals surface area contributed by atoms with Gasteiger partial charge in [-0.2, -0.15) is 0 Å². The molecule has 0 radical (unpaired) electrons. The zero-order valence-electron chi connectivity index (χ0n) is 7.12. The number of carboxylic acids is 1. The summed E-state index contributed by atoms with van der Waals surface area (Å²) in [5, 5.41) is 8.34.